The van der Waals surface area contributed by atoms with Gasteiger partial charge in [-0.15, -0.1) is 0 Å². The van der Waals surface area contributed by atoms with Crippen molar-refractivity contribution in [2.45, 2.75) is 20.8 Å². The summed E-state index contributed by atoms with van der Waals surface area (Å²) in [5.41, 5.74) is 5.96. The Morgan fingerprint density at radius 1 is 0.886 bits per heavy atom. The molecule has 3 aromatic carbocycles. The second-order valence-electron chi connectivity index (χ2n) is 7.68. The van der Waals surface area contributed by atoms with E-state index in [1.165, 1.54) is 13.2 Å². The molecular formula is C26H24ClN3O5. The van der Waals surface area contributed by atoms with Crippen LogP contribution in [0.25, 0.3) is 0 Å². The topological polar surface area (TPSA) is 106 Å². The number of hydrogen-bond donors (Lipinski definition) is 2. The predicted octanol–water partition coefficient (Wildman–Crippen LogP) is 4.66. The number of hydrogen-bond acceptors (Lipinski definition) is 6. The minimum absolute atomic E-state index is 0.200. The summed E-state index contributed by atoms with van der Waals surface area (Å²) < 4.78 is 10.8. The lowest BCUT2D eigenvalue weighted by atomic mass is 10.1. The van der Waals surface area contributed by atoms with E-state index in [1.54, 1.807) is 49.4 Å². The number of anilines is 1. The van der Waals surface area contributed by atoms with Gasteiger partial charge in [-0.1, -0.05) is 35.4 Å². The molecule has 0 atom stereocenters. The van der Waals surface area contributed by atoms with Crippen LogP contribution in [0.2, 0.25) is 5.02 Å². The van der Waals surface area contributed by atoms with Crippen molar-refractivity contribution in [3.63, 3.8) is 0 Å². The summed E-state index contributed by atoms with van der Waals surface area (Å²) in [4.78, 5) is 36.8. The molecule has 0 aromatic heterocycles. The fraction of sp³-hybridized carbons (Fsp3) is 0.154. The molecule has 2 N–H and O–H groups in total. The first-order valence-electron chi connectivity index (χ1n) is 10.6. The van der Waals surface area contributed by atoms with E-state index in [2.05, 4.69) is 15.8 Å². The van der Waals surface area contributed by atoms with E-state index < -0.39 is 17.8 Å². The molecule has 0 aliphatic carbocycles. The highest BCUT2D eigenvalue weighted by atomic mass is 35.5. The standard InChI is InChI=1S/C26H24ClN3O5/c1-15-8-10-21(16(2)12-15)28-24(31)25(32)30-29-17(3)18-9-11-22(23(14-18)34-4)35-26(33)19-6-5-7-20(27)13-19/h5-14H,1-4H3,(H,28,31)(H,30,32). The molecule has 0 radical (unpaired) electrons. The molecule has 3 rings (SSSR count). The number of nitrogens with zero attached hydrogens (tertiary/aromatic N) is 1. The normalized spacial score (nSPS) is 10.9. The molecule has 0 fully saturated rings. The molecule has 0 bridgehead atoms. The van der Waals surface area contributed by atoms with Crippen LogP contribution >= 0.6 is 11.6 Å². The van der Waals surface area contributed by atoms with Crippen LogP contribution in [0.1, 0.15) is 34.0 Å². The second-order valence-corrected chi connectivity index (χ2v) is 8.11. The van der Waals surface area contributed by atoms with Gasteiger partial charge in [-0.3, -0.25) is 9.59 Å². The van der Waals surface area contributed by atoms with E-state index in [9.17, 15) is 14.4 Å². The Balaban J connectivity index is 1.67. The zero-order valence-electron chi connectivity index (χ0n) is 19.6. The van der Waals surface area contributed by atoms with Gasteiger partial charge >= 0.3 is 17.8 Å². The Morgan fingerprint density at radius 2 is 1.66 bits per heavy atom. The molecule has 3 aromatic rings. The minimum Gasteiger partial charge on any atom is -0.493 e. The fourth-order valence-corrected chi connectivity index (χ4v) is 3.32. The van der Waals surface area contributed by atoms with Crippen molar-refractivity contribution < 1.29 is 23.9 Å². The summed E-state index contributed by atoms with van der Waals surface area (Å²) in [6.45, 7) is 5.43. The third kappa shape index (κ3) is 6.68. The van der Waals surface area contributed by atoms with Gasteiger partial charge in [0, 0.05) is 16.3 Å². The SMILES string of the molecule is COc1cc(C(C)=NNC(=O)C(=O)Nc2ccc(C)cc2C)ccc1OC(=O)c1cccc(Cl)c1. The zero-order valence-corrected chi connectivity index (χ0v) is 20.4. The monoisotopic (exact) mass is 493 g/mol. The summed E-state index contributed by atoms with van der Waals surface area (Å²) in [5.74, 6) is -1.86. The van der Waals surface area contributed by atoms with Crippen LogP contribution in [0.3, 0.4) is 0 Å². The van der Waals surface area contributed by atoms with Crippen LogP contribution in [0, 0.1) is 13.8 Å². The van der Waals surface area contributed by atoms with Gasteiger partial charge in [0.05, 0.1) is 18.4 Å². The van der Waals surface area contributed by atoms with Crippen LogP contribution in [0.5, 0.6) is 11.5 Å². The third-order valence-electron chi connectivity index (χ3n) is 5.01. The Kier molecular flexibility index (Phi) is 8.22. The summed E-state index contributed by atoms with van der Waals surface area (Å²) >= 11 is 5.93. The molecule has 0 aliphatic heterocycles. The maximum absolute atomic E-state index is 12.4. The van der Waals surface area contributed by atoms with Crippen molar-refractivity contribution in [3.8, 4) is 11.5 Å². The molecule has 35 heavy (non-hydrogen) atoms. The summed E-state index contributed by atoms with van der Waals surface area (Å²) in [6, 6.07) is 16.7. The quantitative estimate of drug-likeness (QED) is 0.171. The van der Waals surface area contributed by atoms with Crippen LogP contribution in [-0.2, 0) is 9.59 Å². The molecule has 0 saturated carbocycles. The second kappa shape index (κ2) is 11.3. The fourth-order valence-electron chi connectivity index (χ4n) is 3.13. The molecule has 8 nitrogen and oxygen atoms in total. The van der Waals surface area contributed by atoms with E-state index in [4.69, 9.17) is 21.1 Å². The zero-order chi connectivity index (χ0) is 25.5. The number of amides is 2. The Bertz CT molecular complexity index is 1320. The highest BCUT2D eigenvalue weighted by molar-refractivity contribution is 6.39. The summed E-state index contributed by atoms with van der Waals surface area (Å²) in [6.07, 6.45) is 0. The third-order valence-corrected chi connectivity index (χ3v) is 5.24. The predicted molar refractivity (Wildman–Crippen MR) is 134 cm³/mol. The van der Waals surface area contributed by atoms with Crippen molar-refractivity contribution in [2.24, 2.45) is 5.10 Å². The number of halogens is 1. The van der Waals surface area contributed by atoms with Gasteiger partial charge in [0.2, 0.25) is 0 Å². The first-order valence-corrected chi connectivity index (χ1v) is 10.9. The Labute approximate surface area is 207 Å². The minimum atomic E-state index is -0.914. The molecule has 2 amide bonds. The molecular weight excluding hydrogens is 470 g/mol. The lowest BCUT2D eigenvalue weighted by molar-refractivity contribution is -0.136. The van der Waals surface area contributed by atoms with Crippen LogP contribution in [0.15, 0.2) is 65.8 Å². The van der Waals surface area contributed by atoms with E-state index in [0.29, 0.717) is 27.5 Å². The number of benzene rings is 3. The molecule has 0 spiro atoms. The van der Waals surface area contributed by atoms with Crippen LogP contribution < -0.4 is 20.2 Å². The highest BCUT2D eigenvalue weighted by Gasteiger charge is 2.16. The largest absolute Gasteiger partial charge is 0.493 e. The number of carbonyl (C=O) groups is 3. The van der Waals surface area contributed by atoms with Gasteiger partial charge in [-0.05, 0) is 68.8 Å². The lowest BCUT2D eigenvalue weighted by Gasteiger charge is -2.11. The Hall–Kier alpha value is -4.17. The first-order chi connectivity index (χ1) is 16.7. The van der Waals surface area contributed by atoms with Gasteiger partial charge in [-0.2, -0.15) is 5.10 Å². The highest BCUT2D eigenvalue weighted by Crippen LogP contribution is 2.29. The van der Waals surface area contributed by atoms with Crippen molar-refractivity contribution in [1.82, 2.24) is 5.43 Å². The number of aryl methyl sites for hydroxylation is 2. The first kappa shape index (κ1) is 25.5. The van der Waals surface area contributed by atoms with Gasteiger partial charge in [0.15, 0.2) is 11.5 Å². The van der Waals surface area contributed by atoms with Crippen molar-refractivity contribution >= 4 is 40.8 Å². The summed E-state index contributed by atoms with van der Waals surface area (Å²) in [5, 5.41) is 6.97. The van der Waals surface area contributed by atoms with Crippen LogP contribution in [-0.4, -0.2) is 30.6 Å². The van der Waals surface area contributed by atoms with E-state index in [-0.39, 0.29) is 11.5 Å². The molecule has 0 saturated heterocycles. The maximum atomic E-state index is 12.4. The number of ether oxygens (including phenoxy) is 2. The van der Waals surface area contributed by atoms with Crippen LogP contribution in [0.4, 0.5) is 5.69 Å². The molecule has 180 valence electrons. The number of carbonyl (C=O) groups excluding carboxylic acids is 3. The molecule has 0 heterocycles. The number of rotatable bonds is 6. The maximum Gasteiger partial charge on any atom is 0.343 e. The van der Waals surface area contributed by atoms with E-state index in [1.807, 2.05) is 26.0 Å². The Morgan fingerprint density at radius 3 is 2.34 bits per heavy atom. The van der Waals surface area contributed by atoms with Crippen molar-refractivity contribution in [3.05, 3.63) is 87.9 Å². The number of hydrazone groups is 1. The van der Waals surface area contributed by atoms with E-state index in [0.717, 1.165) is 11.1 Å². The average Bonchev–Trinajstić information content (AvgIpc) is 2.84. The molecule has 0 aliphatic rings. The smallest absolute Gasteiger partial charge is 0.343 e. The van der Waals surface area contributed by atoms with Gasteiger partial charge < -0.3 is 14.8 Å². The van der Waals surface area contributed by atoms with E-state index >= 15 is 0 Å². The summed E-state index contributed by atoms with van der Waals surface area (Å²) in [7, 11) is 1.43. The number of methoxy groups -OCH3 is 1. The van der Waals surface area contributed by atoms with Gasteiger partial charge in [0.1, 0.15) is 0 Å². The van der Waals surface area contributed by atoms with Gasteiger partial charge in [0.25, 0.3) is 0 Å². The van der Waals surface area contributed by atoms with Crippen molar-refractivity contribution in [2.75, 3.05) is 12.4 Å². The average molecular weight is 494 g/mol. The number of esters is 1. The lowest BCUT2D eigenvalue weighted by Crippen LogP contribution is -2.33. The molecule has 0 unspecified atom stereocenters. The van der Waals surface area contributed by atoms with Crippen molar-refractivity contribution in [1.29, 1.82) is 0 Å². The van der Waals surface area contributed by atoms with Gasteiger partial charge in [-0.25, -0.2) is 10.2 Å². The number of nitrogens with one attached hydrogen (secondary N) is 2. The molecule has 9 heteroatoms.